The maximum Gasteiger partial charge on any atom is 0.117 e. The molecule has 0 aliphatic rings. The number of furan rings is 2. The van der Waals surface area contributed by atoms with Gasteiger partial charge in [0, 0.05) is 12.8 Å². The standard InChI is InChI=1S/C18H20N2O2/c19-11-17-7-5-15(21-17)9-13-1-2-14(4-3-13)10-16-6-8-18(12-20)22-16/h1-8H,9-12,19-20H2. The van der Waals surface area contributed by atoms with Crippen LogP contribution >= 0.6 is 0 Å². The van der Waals surface area contributed by atoms with Gasteiger partial charge in [-0.15, -0.1) is 0 Å². The summed E-state index contributed by atoms with van der Waals surface area (Å²) in [7, 11) is 0. The predicted octanol–water partition coefficient (Wildman–Crippen LogP) is 2.97. The molecule has 2 aromatic heterocycles. The lowest BCUT2D eigenvalue weighted by atomic mass is 10.1. The Labute approximate surface area is 129 Å². The summed E-state index contributed by atoms with van der Waals surface area (Å²) in [6, 6.07) is 16.3. The summed E-state index contributed by atoms with van der Waals surface area (Å²) in [6.45, 7) is 0.875. The van der Waals surface area contributed by atoms with Gasteiger partial charge in [-0.1, -0.05) is 24.3 Å². The highest BCUT2D eigenvalue weighted by Crippen LogP contribution is 2.16. The molecule has 0 spiro atoms. The SMILES string of the molecule is NCc1ccc(Cc2ccc(Cc3ccc(CN)o3)cc2)o1. The summed E-state index contributed by atoms with van der Waals surface area (Å²) < 4.78 is 11.3. The monoisotopic (exact) mass is 296 g/mol. The van der Waals surface area contributed by atoms with Gasteiger partial charge in [0.1, 0.15) is 23.0 Å². The van der Waals surface area contributed by atoms with Gasteiger partial charge in [-0.25, -0.2) is 0 Å². The second-order valence-electron chi connectivity index (χ2n) is 5.31. The first-order chi connectivity index (χ1) is 10.8. The second kappa shape index (κ2) is 6.64. The van der Waals surface area contributed by atoms with Gasteiger partial charge in [-0.2, -0.15) is 0 Å². The maximum absolute atomic E-state index is 5.63. The van der Waals surface area contributed by atoms with E-state index in [1.54, 1.807) is 0 Å². The van der Waals surface area contributed by atoms with Crippen molar-refractivity contribution in [3.05, 3.63) is 82.7 Å². The van der Waals surface area contributed by atoms with Gasteiger partial charge in [-0.05, 0) is 35.4 Å². The Kier molecular flexibility index (Phi) is 4.42. The maximum atomic E-state index is 5.63. The third-order valence-electron chi connectivity index (χ3n) is 3.62. The molecule has 0 atom stereocenters. The quantitative estimate of drug-likeness (QED) is 0.733. The molecule has 0 bridgehead atoms. The molecular formula is C18H20N2O2. The molecule has 4 nitrogen and oxygen atoms in total. The van der Waals surface area contributed by atoms with Crippen molar-refractivity contribution in [1.29, 1.82) is 0 Å². The van der Waals surface area contributed by atoms with Crippen LogP contribution in [0.2, 0.25) is 0 Å². The first-order valence-corrected chi connectivity index (χ1v) is 7.40. The Bertz CT molecular complexity index is 662. The van der Waals surface area contributed by atoms with Gasteiger partial charge in [-0.3, -0.25) is 0 Å². The number of hydrogen-bond acceptors (Lipinski definition) is 4. The van der Waals surface area contributed by atoms with Crippen molar-refractivity contribution < 1.29 is 8.83 Å². The minimum Gasteiger partial charge on any atom is -0.464 e. The highest BCUT2D eigenvalue weighted by atomic mass is 16.3. The summed E-state index contributed by atoms with van der Waals surface area (Å²) in [5, 5.41) is 0. The average Bonchev–Trinajstić information content (AvgIpc) is 3.18. The van der Waals surface area contributed by atoms with Crippen molar-refractivity contribution in [2.75, 3.05) is 0 Å². The summed E-state index contributed by atoms with van der Waals surface area (Å²) in [5.74, 6) is 3.51. The van der Waals surface area contributed by atoms with Gasteiger partial charge in [0.05, 0.1) is 13.1 Å². The molecule has 0 aliphatic heterocycles. The van der Waals surface area contributed by atoms with Gasteiger partial charge in [0.25, 0.3) is 0 Å². The van der Waals surface area contributed by atoms with E-state index in [0.717, 1.165) is 35.9 Å². The fourth-order valence-corrected chi connectivity index (χ4v) is 2.43. The molecule has 0 saturated heterocycles. The van der Waals surface area contributed by atoms with E-state index in [0.29, 0.717) is 13.1 Å². The molecule has 3 rings (SSSR count). The molecule has 4 N–H and O–H groups in total. The zero-order valence-electron chi connectivity index (χ0n) is 12.4. The van der Waals surface area contributed by atoms with Crippen molar-refractivity contribution >= 4 is 0 Å². The van der Waals surface area contributed by atoms with Crippen LogP contribution in [0.5, 0.6) is 0 Å². The third-order valence-corrected chi connectivity index (χ3v) is 3.62. The molecule has 2 heterocycles. The first kappa shape index (κ1) is 14.6. The summed E-state index contributed by atoms with van der Waals surface area (Å²) >= 11 is 0. The zero-order chi connectivity index (χ0) is 15.4. The lowest BCUT2D eigenvalue weighted by Gasteiger charge is -2.02. The van der Waals surface area contributed by atoms with E-state index in [9.17, 15) is 0 Å². The topological polar surface area (TPSA) is 78.3 Å². The van der Waals surface area contributed by atoms with E-state index in [4.69, 9.17) is 20.3 Å². The van der Waals surface area contributed by atoms with Crippen LogP contribution in [0.1, 0.15) is 34.2 Å². The van der Waals surface area contributed by atoms with Gasteiger partial charge in [0.15, 0.2) is 0 Å². The van der Waals surface area contributed by atoms with Crippen LogP contribution in [0.15, 0.2) is 57.4 Å². The van der Waals surface area contributed by atoms with Crippen molar-refractivity contribution in [3.8, 4) is 0 Å². The Morgan fingerprint density at radius 3 is 1.23 bits per heavy atom. The lowest BCUT2D eigenvalue weighted by Crippen LogP contribution is -1.93. The van der Waals surface area contributed by atoms with E-state index in [-0.39, 0.29) is 0 Å². The minimum absolute atomic E-state index is 0.437. The number of nitrogens with two attached hydrogens (primary N) is 2. The number of hydrogen-bond donors (Lipinski definition) is 2. The van der Waals surface area contributed by atoms with Gasteiger partial charge < -0.3 is 20.3 Å². The van der Waals surface area contributed by atoms with Crippen molar-refractivity contribution in [2.45, 2.75) is 25.9 Å². The Hall–Kier alpha value is -2.30. The van der Waals surface area contributed by atoms with Crippen molar-refractivity contribution in [1.82, 2.24) is 0 Å². The molecule has 0 amide bonds. The molecular weight excluding hydrogens is 276 g/mol. The number of rotatable bonds is 6. The van der Waals surface area contributed by atoms with E-state index in [1.807, 2.05) is 24.3 Å². The Morgan fingerprint density at radius 2 is 0.909 bits per heavy atom. The summed E-state index contributed by atoms with van der Waals surface area (Å²) in [4.78, 5) is 0. The van der Waals surface area contributed by atoms with E-state index in [2.05, 4.69) is 24.3 Å². The molecule has 0 fully saturated rings. The highest BCUT2D eigenvalue weighted by molar-refractivity contribution is 5.28. The van der Waals surface area contributed by atoms with Crippen LogP contribution in [-0.2, 0) is 25.9 Å². The minimum atomic E-state index is 0.437. The first-order valence-electron chi connectivity index (χ1n) is 7.40. The predicted molar refractivity (Wildman–Crippen MR) is 85.3 cm³/mol. The van der Waals surface area contributed by atoms with Crippen LogP contribution in [-0.4, -0.2) is 0 Å². The average molecular weight is 296 g/mol. The zero-order valence-corrected chi connectivity index (χ0v) is 12.4. The van der Waals surface area contributed by atoms with Crippen molar-refractivity contribution in [3.63, 3.8) is 0 Å². The Morgan fingerprint density at radius 1 is 0.545 bits per heavy atom. The van der Waals surface area contributed by atoms with Crippen molar-refractivity contribution in [2.24, 2.45) is 11.5 Å². The Balaban J connectivity index is 1.64. The lowest BCUT2D eigenvalue weighted by molar-refractivity contribution is 0.474. The largest absolute Gasteiger partial charge is 0.464 e. The molecule has 3 aromatic rings. The summed E-state index contributed by atoms with van der Waals surface area (Å²) in [6.07, 6.45) is 1.55. The molecule has 1 aromatic carbocycles. The molecule has 0 radical (unpaired) electrons. The molecule has 22 heavy (non-hydrogen) atoms. The second-order valence-corrected chi connectivity index (χ2v) is 5.31. The smallest absolute Gasteiger partial charge is 0.117 e. The molecule has 0 aliphatic carbocycles. The van der Waals surface area contributed by atoms with E-state index >= 15 is 0 Å². The van der Waals surface area contributed by atoms with Crippen LogP contribution in [0.4, 0.5) is 0 Å². The fraction of sp³-hybridized carbons (Fsp3) is 0.222. The van der Waals surface area contributed by atoms with E-state index in [1.165, 1.54) is 11.1 Å². The molecule has 114 valence electrons. The molecule has 0 saturated carbocycles. The van der Waals surface area contributed by atoms with Crippen LogP contribution in [0.25, 0.3) is 0 Å². The fourth-order valence-electron chi connectivity index (χ4n) is 2.43. The van der Waals surface area contributed by atoms with Crippen LogP contribution < -0.4 is 11.5 Å². The van der Waals surface area contributed by atoms with Crippen LogP contribution in [0.3, 0.4) is 0 Å². The van der Waals surface area contributed by atoms with Crippen LogP contribution in [0, 0.1) is 0 Å². The normalized spacial score (nSPS) is 11.0. The molecule has 4 heteroatoms. The van der Waals surface area contributed by atoms with Gasteiger partial charge >= 0.3 is 0 Å². The van der Waals surface area contributed by atoms with E-state index < -0.39 is 0 Å². The number of benzene rings is 1. The summed E-state index contributed by atoms with van der Waals surface area (Å²) in [5.41, 5.74) is 13.5. The third kappa shape index (κ3) is 3.47. The molecule has 0 unspecified atom stereocenters. The van der Waals surface area contributed by atoms with Gasteiger partial charge in [0.2, 0.25) is 0 Å². The highest BCUT2D eigenvalue weighted by Gasteiger charge is 2.05.